The van der Waals surface area contributed by atoms with Crippen molar-refractivity contribution >= 4 is 240 Å². The van der Waals surface area contributed by atoms with E-state index >= 15 is 0 Å². The minimum absolute atomic E-state index is 0.0284. The molecule has 0 unspecified atom stereocenters. The Labute approximate surface area is 848 Å². The Morgan fingerprint density at radius 2 is 0.688 bits per heavy atom. The Hall–Kier alpha value is -16.0. The van der Waals surface area contributed by atoms with Gasteiger partial charge in [-0.15, -0.1) is 34.0 Å². The van der Waals surface area contributed by atoms with E-state index in [9.17, 15) is 0 Å². The predicted octanol–water partition coefficient (Wildman–Crippen LogP) is 40.3. The first-order valence-electron chi connectivity index (χ1n) is 50.3. The summed E-state index contributed by atoms with van der Waals surface area (Å²) in [5.74, 6) is 0.913. The quantitative estimate of drug-likeness (QED) is 0.0961. The Kier molecular flexibility index (Phi) is 20.0. The van der Waals surface area contributed by atoms with Crippen LogP contribution in [0, 0.1) is 0 Å². The lowest BCUT2D eigenvalue weighted by Crippen LogP contribution is -2.19. The highest BCUT2D eigenvalue weighted by Gasteiger charge is 2.44. The molecule has 9 aromatic heterocycles. The van der Waals surface area contributed by atoms with Crippen LogP contribution >= 0.6 is 34.0 Å². The lowest BCUT2D eigenvalue weighted by atomic mass is 9.85. The van der Waals surface area contributed by atoms with Crippen LogP contribution in [0.25, 0.3) is 171 Å². The lowest BCUT2D eigenvalue weighted by molar-refractivity contribution is 0.590. The molecule has 0 saturated heterocycles. The van der Waals surface area contributed by atoms with Gasteiger partial charge in [0, 0.05) is 153 Å². The van der Waals surface area contributed by atoms with Gasteiger partial charge in [-0.05, 0) is 242 Å². The van der Waals surface area contributed by atoms with E-state index in [0.29, 0.717) is 11.8 Å². The molecule has 28 rings (SSSR count). The summed E-state index contributed by atoms with van der Waals surface area (Å²) < 4.78 is 26.1. The number of aromatic nitrogens is 2. The summed E-state index contributed by atoms with van der Waals surface area (Å²) in [6.07, 6.45) is 0. The summed E-state index contributed by atoms with van der Waals surface area (Å²) in [6.45, 7) is 27.6. The van der Waals surface area contributed by atoms with E-state index < -0.39 is 5.41 Å². The van der Waals surface area contributed by atoms with Gasteiger partial charge in [0.25, 0.3) is 0 Å². The van der Waals surface area contributed by atoms with Crippen molar-refractivity contribution in [2.24, 2.45) is 0 Å². The molecule has 0 N–H and O–H groups in total. The third kappa shape index (κ3) is 13.7. The second-order valence-electron chi connectivity index (χ2n) is 42.3. The molecule has 0 amide bonds. The number of nitrogens with zero attached hydrogens (tertiary/aromatic N) is 6. The predicted molar refractivity (Wildman–Crippen MR) is 618 cm³/mol. The molecule has 0 saturated carbocycles. The van der Waals surface area contributed by atoms with Gasteiger partial charge in [-0.1, -0.05) is 314 Å². The summed E-state index contributed by atoms with van der Waals surface area (Å²) in [4.78, 5) is 10.9. The Bertz CT molecular complexity index is 9780. The van der Waals surface area contributed by atoms with Crippen molar-refractivity contribution in [3.05, 3.63) is 434 Å². The fourth-order valence-electron chi connectivity index (χ4n) is 23.2. The molecule has 1 aliphatic carbocycles. The maximum Gasteiger partial charge on any atom is 0.214 e. The van der Waals surface area contributed by atoms with Gasteiger partial charge in [-0.3, -0.25) is 8.80 Å². The smallest absolute Gasteiger partial charge is 0.214 e. The van der Waals surface area contributed by atoms with Gasteiger partial charge in [0.15, 0.2) is 5.58 Å². The molecule has 8 nitrogen and oxygen atoms in total. The van der Waals surface area contributed by atoms with Crippen LogP contribution in [0.4, 0.5) is 68.2 Å². The summed E-state index contributed by atoms with van der Waals surface area (Å²) >= 11 is 5.60. The van der Waals surface area contributed by atoms with Crippen molar-refractivity contribution in [2.75, 3.05) is 19.6 Å². The van der Waals surface area contributed by atoms with E-state index in [-0.39, 0.29) is 10.8 Å². The number of thiophene rings is 3. The zero-order chi connectivity index (χ0) is 97.2. The van der Waals surface area contributed by atoms with Gasteiger partial charge >= 0.3 is 0 Å². The van der Waals surface area contributed by atoms with E-state index in [0.717, 1.165) is 107 Å². The average molecular weight is 1910 g/mol. The number of fused-ring (bicyclic) bond motifs is 26. The van der Waals surface area contributed by atoms with Crippen LogP contribution in [-0.2, 0) is 16.2 Å². The number of hydrogen-bond acceptors (Lipinski definition) is 9. The first kappa shape index (κ1) is 87.0. The summed E-state index contributed by atoms with van der Waals surface area (Å²) in [5, 5.41) is 17.1. The highest BCUT2D eigenvalue weighted by molar-refractivity contribution is 7.27. The average Bonchev–Trinajstić information content (AvgIpc) is 1.49. The second kappa shape index (κ2) is 33.0. The molecular weight excluding hydrogens is 1810 g/mol. The Morgan fingerprint density at radius 1 is 0.285 bits per heavy atom. The van der Waals surface area contributed by atoms with Crippen LogP contribution in [0.5, 0.6) is 0 Å². The molecule has 0 aliphatic heterocycles. The van der Waals surface area contributed by atoms with Gasteiger partial charge in [0.05, 0.1) is 48.3 Å². The molecule has 144 heavy (non-hydrogen) atoms. The summed E-state index contributed by atoms with van der Waals surface area (Å²) in [6, 6.07) is 148. The number of anilines is 12. The van der Waals surface area contributed by atoms with E-state index in [1.807, 2.05) is 34.0 Å². The van der Waals surface area contributed by atoms with Gasteiger partial charge in [0.1, 0.15) is 10.4 Å². The van der Waals surface area contributed by atoms with Crippen LogP contribution in [0.3, 0.4) is 0 Å². The minimum atomic E-state index is -0.421. The molecule has 18 aromatic carbocycles. The second-order valence-corrected chi connectivity index (χ2v) is 45.4. The van der Waals surface area contributed by atoms with E-state index in [2.05, 4.69) is 512 Å². The zero-order valence-corrected chi connectivity index (χ0v) is 84.9. The normalized spacial score (nSPS) is 12.9. The molecule has 0 bridgehead atoms. The van der Waals surface area contributed by atoms with Crippen molar-refractivity contribution in [1.82, 2.24) is 8.80 Å². The van der Waals surface area contributed by atoms with Crippen LogP contribution in [-0.4, -0.2) is 8.80 Å². The number of furan rings is 2. The topological polar surface area (TPSA) is 48.1 Å². The SMILES string of the molecule is CC(C)(C)c1cccc(N(c2ccc3c(c2)C(C)(C)c2c-3c3cc(-c4ccccc4)cc4c5c6ccc(N(c7cccc(C(C)(C)C)c7)c7cccc8c7sc7ccccc78)cc6oc5n2c34)c2cccc3c2sc2ccccc23)c1.CC(C)c1ccc(N(c2ccccc2)c2ccc3c(c2)sc2c3c3cc(-c4ccccc4)cc4c5c6cccc(N(c7ccccc7)c7ccc(C(C)C)cc7)c6oc5n2c43)cc1. The van der Waals surface area contributed by atoms with E-state index in [1.54, 1.807) is 0 Å². The van der Waals surface area contributed by atoms with Gasteiger partial charge in [-0.2, -0.15) is 0 Å². The van der Waals surface area contributed by atoms with E-state index in [1.165, 1.54) is 166 Å². The van der Waals surface area contributed by atoms with Crippen molar-refractivity contribution in [2.45, 2.75) is 111 Å². The van der Waals surface area contributed by atoms with Crippen molar-refractivity contribution < 1.29 is 8.83 Å². The largest absolute Gasteiger partial charge is 0.439 e. The van der Waals surface area contributed by atoms with Crippen LogP contribution < -0.4 is 19.6 Å². The molecule has 1 aliphatic rings. The number of para-hydroxylation sites is 3. The molecule has 27 aromatic rings. The minimum Gasteiger partial charge on any atom is -0.439 e. The first-order valence-corrected chi connectivity index (χ1v) is 52.7. The molecule has 0 fully saturated rings. The Morgan fingerprint density at radius 3 is 1.24 bits per heavy atom. The summed E-state index contributed by atoms with van der Waals surface area (Å²) in [5.41, 5.74) is 34.0. The third-order valence-corrected chi connectivity index (χ3v) is 34.0. The Balaban J connectivity index is 0.000000148. The van der Waals surface area contributed by atoms with Crippen molar-refractivity contribution in [3.8, 4) is 33.4 Å². The molecule has 0 radical (unpaired) electrons. The standard InChI is InChI=1S/C75H59N3OS2.C58H45N3OS/c1-73(2,3)46-22-16-24-48(40-46)76(61-30-18-28-54-52-26-12-14-32-64(52)80-69(54)61)50-34-36-56-60(42-50)75(7,8)71-66(56)58-38-45(44-20-10-9-11-21-44)39-59-67-57-37-35-51(43-63(57)79-72(67)78(71)68(58)59)77(49-25-17-23-47(41-49)74(4,5)6)62-31-19-29-55-53-27-13-15-33-65(53)81-70(55)62;1-36(2)38-23-27-44(28-24-38)59(42-17-10-6-11-18-42)46-31-32-47-52(35-46)63-58-54(47)50-34-41(40-15-8-5-9-16-40)33-49-53-48-21-14-22-51(56(48)62-57(53)61(58)55(49)50)60(43-19-12-7-13-20-43)45-29-25-39(26-30-45)37(3)4/h9-43H,1-8H3;5-37H,1-4H3. The molecule has 696 valence electrons. The fraction of sp³-hybridized carbons (Fsp3) is 0.128. The first-order chi connectivity index (χ1) is 70.1. The highest BCUT2D eigenvalue weighted by Crippen LogP contribution is 2.61. The lowest BCUT2D eigenvalue weighted by Gasteiger charge is -2.30. The molecular formula is C133H104N6O2S3. The molecule has 0 spiro atoms. The highest BCUT2D eigenvalue weighted by atomic mass is 32.1. The van der Waals surface area contributed by atoms with Crippen LogP contribution in [0.1, 0.15) is 128 Å². The van der Waals surface area contributed by atoms with E-state index in [4.69, 9.17) is 8.83 Å². The molecule has 9 heterocycles. The summed E-state index contributed by atoms with van der Waals surface area (Å²) in [7, 11) is 0. The number of hydrogen-bond donors (Lipinski definition) is 0. The molecule has 0 atom stereocenters. The van der Waals surface area contributed by atoms with Crippen molar-refractivity contribution in [1.29, 1.82) is 0 Å². The molecule has 11 heteroatoms. The van der Waals surface area contributed by atoms with Gasteiger partial charge < -0.3 is 28.4 Å². The van der Waals surface area contributed by atoms with Crippen LogP contribution in [0.15, 0.2) is 409 Å². The third-order valence-electron chi connectivity index (χ3n) is 30.4. The van der Waals surface area contributed by atoms with Gasteiger partial charge in [-0.25, -0.2) is 0 Å². The zero-order valence-electron chi connectivity index (χ0n) is 82.5. The maximum atomic E-state index is 7.49. The monoisotopic (exact) mass is 1910 g/mol. The number of rotatable bonds is 16. The van der Waals surface area contributed by atoms with Crippen molar-refractivity contribution in [3.63, 3.8) is 0 Å². The fourth-order valence-corrected chi connectivity index (χ4v) is 26.9. The van der Waals surface area contributed by atoms with Gasteiger partial charge in [0.2, 0.25) is 11.4 Å². The van der Waals surface area contributed by atoms with Crippen LogP contribution in [0.2, 0.25) is 0 Å². The maximum absolute atomic E-state index is 7.49. The number of benzene rings is 18.